The average molecular weight is 275 g/mol. The Hall–Kier alpha value is -1.80. The molecule has 98 valence electrons. The molecule has 0 bridgehead atoms. The number of carbonyl (C=O) groups is 1. The van der Waals surface area contributed by atoms with Crippen molar-refractivity contribution in [1.29, 1.82) is 0 Å². The summed E-state index contributed by atoms with van der Waals surface area (Å²) in [6.45, 7) is 0. The fourth-order valence-corrected chi connectivity index (χ4v) is 2.31. The van der Waals surface area contributed by atoms with Crippen molar-refractivity contribution in [2.24, 2.45) is 0 Å². The van der Waals surface area contributed by atoms with Crippen molar-refractivity contribution in [2.75, 3.05) is 7.11 Å². The molecule has 0 saturated carbocycles. The molecule has 1 atom stereocenters. The lowest BCUT2D eigenvalue weighted by Crippen LogP contribution is -2.10. The van der Waals surface area contributed by atoms with Crippen LogP contribution in [0.15, 0.2) is 54.6 Å². The molecular weight excluding hydrogens is 260 g/mol. The molecule has 1 unspecified atom stereocenters. The predicted molar refractivity (Wildman–Crippen MR) is 76.7 cm³/mol. The Balaban J connectivity index is 2.30. The van der Waals surface area contributed by atoms with E-state index >= 15 is 0 Å². The second kappa shape index (κ2) is 6.39. The fourth-order valence-electron chi connectivity index (χ4n) is 2.11. The fraction of sp³-hybridized carbons (Fsp3) is 0.188. The third-order valence-electron chi connectivity index (χ3n) is 3.09. The van der Waals surface area contributed by atoms with Gasteiger partial charge in [0.2, 0.25) is 5.24 Å². The van der Waals surface area contributed by atoms with Crippen molar-refractivity contribution in [3.05, 3.63) is 65.7 Å². The number of rotatable bonds is 5. The van der Waals surface area contributed by atoms with Crippen molar-refractivity contribution in [1.82, 2.24) is 0 Å². The Bertz CT molecular complexity index is 552. The Kier molecular flexibility index (Phi) is 4.58. The summed E-state index contributed by atoms with van der Waals surface area (Å²) in [4.78, 5) is 11.7. The first-order chi connectivity index (χ1) is 9.22. The van der Waals surface area contributed by atoms with Crippen LogP contribution in [-0.4, -0.2) is 12.4 Å². The lowest BCUT2D eigenvalue weighted by Gasteiger charge is -2.15. The molecule has 2 rings (SSSR count). The molecule has 2 aromatic carbocycles. The molecule has 0 fully saturated rings. The molecule has 3 heteroatoms. The zero-order chi connectivity index (χ0) is 13.7. The number of hydrogen-bond acceptors (Lipinski definition) is 2. The quantitative estimate of drug-likeness (QED) is 0.776. The van der Waals surface area contributed by atoms with Gasteiger partial charge in [-0.2, -0.15) is 0 Å². The van der Waals surface area contributed by atoms with Crippen LogP contribution in [0.5, 0.6) is 5.75 Å². The third-order valence-corrected chi connectivity index (χ3v) is 3.36. The van der Waals surface area contributed by atoms with Crippen molar-refractivity contribution >= 4 is 16.8 Å². The number of carbonyl (C=O) groups excluding carboxylic acids is 1. The zero-order valence-corrected chi connectivity index (χ0v) is 11.4. The van der Waals surface area contributed by atoms with Gasteiger partial charge in [0.05, 0.1) is 13.0 Å². The molecule has 0 heterocycles. The van der Waals surface area contributed by atoms with Crippen LogP contribution < -0.4 is 4.74 Å². The molecular formula is C16H15ClO2. The van der Waals surface area contributed by atoms with Crippen molar-refractivity contribution in [2.45, 2.75) is 12.3 Å². The number of hydrogen-bond donors (Lipinski definition) is 0. The van der Waals surface area contributed by atoms with Crippen LogP contribution in [0.3, 0.4) is 0 Å². The molecule has 2 aromatic rings. The topological polar surface area (TPSA) is 26.3 Å². The zero-order valence-electron chi connectivity index (χ0n) is 10.7. The lowest BCUT2D eigenvalue weighted by atomic mass is 9.92. The average Bonchev–Trinajstić information content (AvgIpc) is 2.45. The molecule has 0 aliphatic carbocycles. The smallest absolute Gasteiger partial charge is 0.229 e. The standard InChI is InChI=1S/C16H15ClO2/c1-19-15-10-6-5-9-13(15)11-14(16(17)18)12-7-3-2-4-8-12/h2-10,14H,11H2,1H3. The van der Waals surface area contributed by atoms with Gasteiger partial charge in [-0.25, -0.2) is 0 Å². The van der Waals surface area contributed by atoms with Gasteiger partial charge < -0.3 is 4.74 Å². The number of methoxy groups -OCH3 is 1. The highest BCUT2D eigenvalue weighted by molar-refractivity contribution is 6.64. The number of benzene rings is 2. The van der Waals surface area contributed by atoms with Crippen LogP contribution in [0.4, 0.5) is 0 Å². The molecule has 19 heavy (non-hydrogen) atoms. The van der Waals surface area contributed by atoms with Gasteiger partial charge >= 0.3 is 0 Å². The van der Waals surface area contributed by atoms with E-state index in [0.29, 0.717) is 6.42 Å². The van der Waals surface area contributed by atoms with E-state index in [1.165, 1.54) is 0 Å². The summed E-state index contributed by atoms with van der Waals surface area (Å²) in [5.74, 6) is 0.431. The minimum absolute atomic E-state index is 0.348. The first-order valence-corrected chi connectivity index (χ1v) is 6.46. The number of ether oxygens (including phenoxy) is 1. The summed E-state index contributed by atoms with van der Waals surface area (Å²) in [6, 6.07) is 17.2. The highest BCUT2D eigenvalue weighted by Gasteiger charge is 2.20. The van der Waals surface area contributed by atoms with Crippen molar-refractivity contribution in [3.63, 3.8) is 0 Å². The summed E-state index contributed by atoms with van der Waals surface area (Å²) in [6.07, 6.45) is 0.538. The van der Waals surface area contributed by atoms with Gasteiger partial charge in [0.15, 0.2) is 0 Å². The van der Waals surface area contributed by atoms with Gasteiger partial charge in [0.1, 0.15) is 5.75 Å². The molecule has 0 saturated heterocycles. The molecule has 0 spiro atoms. The van der Waals surface area contributed by atoms with Crippen LogP contribution in [0.25, 0.3) is 0 Å². The summed E-state index contributed by atoms with van der Waals surface area (Å²) >= 11 is 5.74. The highest BCUT2D eigenvalue weighted by atomic mass is 35.5. The van der Waals surface area contributed by atoms with Gasteiger partial charge in [0.25, 0.3) is 0 Å². The normalized spacial score (nSPS) is 11.9. The van der Waals surface area contributed by atoms with Crippen LogP contribution in [0, 0.1) is 0 Å². The maximum Gasteiger partial charge on any atom is 0.229 e. The molecule has 0 radical (unpaired) electrons. The second-order valence-corrected chi connectivity index (χ2v) is 4.66. The first kappa shape index (κ1) is 13.6. The Morgan fingerprint density at radius 3 is 2.37 bits per heavy atom. The Morgan fingerprint density at radius 2 is 1.74 bits per heavy atom. The van der Waals surface area contributed by atoms with E-state index in [2.05, 4.69) is 0 Å². The minimum atomic E-state index is -0.350. The lowest BCUT2D eigenvalue weighted by molar-refractivity contribution is -0.113. The van der Waals surface area contributed by atoms with E-state index in [9.17, 15) is 4.79 Å². The summed E-state index contributed by atoms with van der Waals surface area (Å²) in [5.41, 5.74) is 1.90. The largest absolute Gasteiger partial charge is 0.496 e. The van der Waals surface area contributed by atoms with Crippen LogP contribution in [0.2, 0.25) is 0 Å². The summed E-state index contributed by atoms with van der Waals surface area (Å²) in [7, 11) is 1.62. The van der Waals surface area contributed by atoms with E-state index in [-0.39, 0.29) is 11.2 Å². The SMILES string of the molecule is COc1ccccc1CC(C(=O)Cl)c1ccccc1. The van der Waals surface area contributed by atoms with E-state index in [1.807, 2.05) is 54.6 Å². The molecule has 0 amide bonds. The first-order valence-electron chi connectivity index (χ1n) is 6.08. The highest BCUT2D eigenvalue weighted by Crippen LogP contribution is 2.28. The van der Waals surface area contributed by atoms with Gasteiger partial charge in [-0.05, 0) is 35.2 Å². The molecule has 2 nitrogen and oxygen atoms in total. The predicted octanol–water partition coefficient (Wildman–Crippen LogP) is 3.79. The van der Waals surface area contributed by atoms with Crippen molar-refractivity contribution < 1.29 is 9.53 Å². The monoisotopic (exact) mass is 274 g/mol. The van der Waals surface area contributed by atoms with Gasteiger partial charge in [-0.15, -0.1) is 0 Å². The third kappa shape index (κ3) is 3.36. The molecule has 0 N–H and O–H groups in total. The van der Waals surface area contributed by atoms with Crippen LogP contribution >= 0.6 is 11.6 Å². The Labute approximate surface area is 118 Å². The maximum absolute atomic E-state index is 11.7. The molecule has 0 aliphatic heterocycles. The number of para-hydroxylation sites is 1. The van der Waals surface area contributed by atoms with Crippen molar-refractivity contribution in [3.8, 4) is 5.75 Å². The van der Waals surface area contributed by atoms with E-state index in [0.717, 1.165) is 16.9 Å². The van der Waals surface area contributed by atoms with Crippen LogP contribution in [-0.2, 0) is 11.2 Å². The maximum atomic E-state index is 11.7. The van der Waals surface area contributed by atoms with Gasteiger partial charge in [-0.3, -0.25) is 4.79 Å². The van der Waals surface area contributed by atoms with E-state index in [1.54, 1.807) is 7.11 Å². The molecule has 0 aliphatic rings. The van der Waals surface area contributed by atoms with Crippen LogP contribution in [0.1, 0.15) is 17.0 Å². The van der Waals surface area contributed by atoms with E-state index < -0.39 is 0 Å². The second-order valence-electron chi connectivity index (χ2n) is 4.28. The molecule has 0 aromatic heterocycles. The Morgan fingerprint density at radius 1 is 1.11 bits per heavy atom. The minimum Gasteiger partial charge on any atom is -0.496 e. The van der Waals surface area contributed by atoms with Gasteiger partial charge in [0, 0.05) is 0 Å². The number of halogens is 1. The van der Waals surface area contributed by atoms with Gasteiger partial charge in [-0.1, -0.05) is 48.5 Å². The van der Waals surface area contributed by atoms with E-state index in [4.69, 9.17) is 16.3 Å². The summed E-state index contributed by atoms with van der Waals surface area (Å²) in [5, 5.41) is -0.350. The summed E-state index contributed by atoms with van der Waals surface area (Å²) < 4.78 is 5.31.